The number of hydrogen-bond acceptors (Lipinski definition) is 8. The molecule has 0 aliphatic rings. The van der Waals surface area contributed by atoms with E-state index in [-0.39, 0.29) is 11.5 Å². The number of hydrogen-bond donors (Lipinski definition) is 0. The van der Waals surface area contributed by atoms with E-state index < -0.39 is 6.61 Å². The summed E-state index contributed by atoms with van der Waals surface area (Å²) in [6.45, 7) is -2.95. The monoisotopic (exact) mass is 431 g/mol. The van der Waals surface area contributed by atoms with Crippen LogP contribution in [0, 0.1) is 0 Å². The van der Waals surface area contributed by atoms with Gasteiger partial charge in [-0.15, -0.1) is 10.2 Å². The standard InChI is InChI=1S/C19H15F2N5O3S/c1-27-15-9-12(7-8-14(15)28-18(20)21)17-23-16(29-25-17)10-30-19-24-22-11-26(19)13-5-3-2-4-6-13/h2-9,11,18H,10H2,1H3. The third-order valence-corrected chi connectivity index (χ3v) is 4.91. The normalized spacial score (nSPS) is 11.1. The lowest BCUT2D eigenvalue weighted by Crippen LogP contribution is -2.03. The number of methoxy groups -OCH3 is 1. The number of nitrogens with zero attached hydrogens (tertiary/aromatic N) is 5. The van der Waals surface area contributed by atoms with E-state index in [1.54, 1.807) is 12.4 Å². The predicted molar refractivity (Wildman–Crippen MR) is 104 cm³/mol. The molecule has 30 heavy (non-hydrogen) atoms. The minimum absolute atomic E-state index is 0.0734. The molecule has 8 nitrogen and oxygen atoms in total. The van der Waals surface area contributed by atoms with Gasteiger partial charge in [-0.05, 0) is 30.3 Å². The van der Waals surface area contributed by atoms with Crippen molar-refractivity contribution in [1.82, 2.24) is 24.9 Å². The number of halogens is 2. The number of ether oxygens (including phenoxy) is 2. The van der Waals surface area contributed by atoms with Gasteiger partial charge in [-0.1, -0.05) is 35.1 Å². The lowest BCUT2D eigenvalue weighted by atomic mass is 10.2. The Balaban J connectivity index is 1.48. The number of para-hydroxylation sites is 1. The first-order valence-electron chi connectivity index (χ1n) is 8.68. The molecule has 2 aromatic carbocycles. The van der Waals surface area contributed by atoms with Crippen LogP contribution >= 0.6 is 11.8 Å². The van der Waals surface area contributed by atoms with Crippen molar-refractivity contribution in [2.75, 3.05) is 7.11 Å². The third-order valence-electron chi connectivity index (χ3n) is 3.98. The molecule has 0 unspecified atom stereocenters. The van der Waals surface area contributed by atoms with Gasteiger partial charge in [-0.2, -0.15) is 13.8 Å². The summed E-state index contributed by atoms with van der Waals surface area (Å²) in [5.74, 6) is 1.13. The lowest BCUT2D eigenvalue weighted by molar-refractivity contribution is -0.0512. The van der Waals surface area contributed by atoms with Crippen molar-refractivity contribution in [3.05, 3.63) is 60.7 Å². The summed E-state index contributed by atoms with van der Waals surface area (Å²) in [6, 6.07) is 14.1. The SMILES string of the molecule is COc1cc(-c2noc(CSc3nncn3-c3ccccc3)n2)ccc1OC(F)F. The van der Waals surface area contributed by atoms with Gasteiger partial charge in [0, 0.05) is 11.3 Å². The highest BCUT2D eigenvalue weighted by molar-refractivity contribution is 7.98. The zero-order valence-corrected chi connectivity index (χ0v) is 16.4. The molecular formula is C19H15F2N5O3S. The highest BCUT2D eigenvalue weighted by atomic mass is 32.2. The largest absolute Gasteiger partial charge is 0.493 e. The Kier molecular flexibility index (Phi) is 5.89. The van der Waals surface area contributed by atoms with E-state index in [9.17, 15) is 8.78 Å². The van der Waals surface area contributed by atoms with Crippen LogP contribution < -0.4 is 9.47 Å². The second kappa shape index (κ2) is 8.91. The predicted octanol–water partition coefficient (Wildman–Crippen LogP) is 4.22. The second-order valence-corrected chi connectivity index (χ2v) is 6.81. The maximum absolute atomic E-state index is 12.5. The van der Waals surface area contributed by atoms with Crippen LogP contribution in [0.2, 0.25) is 0 Å². The molecule has 0 aliphatic heterocycles. The first-order valence-corrected chi connectivity index (χ1v) is 9.66. The van der Waals surface area contributed by atoms with Crippen molar-refractivity contribution in [2.24, 2.45) is 0 Å². The molecule has 0 N–H and O–H groups in total. The molecule has 0 saturated carbocycles. The van der Waals surface area contributed by atoms with Crippen molar-refractivity contribution in [3.63, 3.8) is 0 Å². The number of alkyl halides is 2. The molecule has 0 fully saturated rings. The fourth-order valence-corrected chi connectivity index (χ4v) is 3.41. The van der Waals surface area contributed by atoms with E-state index in [4.69, 9.17) is 9.26 Å². The van der Waals surface area contributed by atoms with Crippen LogP contribution in [-0.4, -0.2) is 38.6 Å². The Bertz CT molecular complexity index is 1120. The fraction of sp³-hybridized carbons (Fsp3) is 0.158. The van der Waals surface area contributed by atoms with Gasteiger partial charge in [-0.3, -0.25) is 4.57 Å². The van der Waals surface area contributed by atoms with E-state index in [0.717, 1.165) is 5.69 Å². The highest BCUT2D eigenvalue weighted by Gasteiger charge is 2.16. The summed E-state index contributed by atoms with van der Waals surface area (Å²) in [4.78, 5) is 4.35. The maximum Gasteiger partial charge on any atom is 0.387 e. The van der Waals surface area contributed by atoms with Crippen LogP contribution in [0.4, 0.5) is 8.78 Å². The van der Waals surface area contributed by atoms with Gasteiger partial charge in [0.15, 0.2) is 16.7 Å². The molecule has 4 rings (SSSR count). The van der Waals surface area contributed by atoms with E-state index in [1.165, 1.54) is 31.0 Å². The Morgan fingerprint density at radius 1 is 1.13 bits per heavy atom. The lowest BCUT2D eigenvalue weighted by Gasteiger charge is -2.10. The van der Waals surface area contributed by atoms with E-state index >= 15 is 0 Å². The molecule has 4 aromatic rings. The zero-order chi connectivity index (χ0) is 20.9. The highest BCUT2D eigenvalue weighted by Crippen LogP contribution is 2.33. The van der Waals surface area contributed by atoms with Gasteiger partial charge >= 0.3 is 6.61 Å². The number of rotatable bonds is 8. The van der Waals surface area contributed by atoms with Gasteiger partial charge in [0.05, 0.1) is 12.9 Å². The first-order chi connectivity index (χ1) is 14.6. The smallest absolute Gasteiger partial charge is 0.387 e. The quantitative estimate of drug-likeness (QED) is 0.383. The van der Waals surface area contributed by atoms with Gasteiger partial charge < -0.3 is 14.0 Å². The van der Waals surface area contributed by atoms with Crippen LogP contribution in [-0.2, 0) is 5.75 Å². The number of benzene rings is 2. The summed E-state index contributed by atoms with van der Waals surface area (Å²) >= 11 is 1.39. The van der Waals surface area contributed by atoms with Crippen molar-refractivity contribution in [3.8, 4) is 28.6 Å². The number of aromatic nitrogens is 5. The topological polar surface area (TPSA) is 88.1 Å². The second-order valence-electron chi connectivity index (χ2n) is 5.86. The molecule has 0 saturated heterocycles. The molecule has 0 spiro atoms. The van der Waals surface area contributed by atoms with Crippen LogP contribution in [0.25, 0.3) is 17.1 Å². The van der Waals surface area contributed by atoms with E-state index in [0.29, 0.717) is 28.2 Å². The first kappa shape index (κ1) is 19.8. The summed E-state index contributed by atoms with van der Waals surface area (Å²) in [5.41, 5.74) is 1.48. The van der Waals surface area contributed by atoms with Crippen LogP contribution in [0.3, 0.4) is 0 Å². The average Bonchev–Trinajstić information content (AvgIpc) is 3.42. The van der Waals surface area contributed by atoms with Gasteiger partial charge in [0.2, 0.25) is 11.7 Å². The Morgan fingerprint density at radius 2 is 1.97 bits per heavy atom. The van der Waals surface area contributed by atoms with Crippen LogP contribution in [0.1, 0.15) is 5.89 Å². The van der Waals surface area contributed by atoms with Gasteiger partial charge in [0.25, 0.3) is 0 Å². The Hall–Kier alpha value is -3.47. The third kappa shape index (κ3) is 4.40. The molecular weight excluding hydrogens is 416 g/mol. The van der Waals surface area contributed by atoms with Crippen molar-refractivity contribution in [1.29, 1.82) is 0 Å². The minimum atomic E-state index is -2.95. The Labute approximate surface area is 173 Å². The van der Waals surface area contributed by atoms with Crippen molar-refractivity contribution >= 4 is 11.8 Å². The Morgan fingerprint density at radius 3 is 2.73 bits per heavy atom. The molecule has 0 amide bonds. The molecule has 0 aliphatic carbocycles. The summed E-state index contributed by atoms with van der Waals surface area (Å²) in [5, 5.41) is 12.7. The zero-order valence-electron chi connectivity index (χ0n) is 15.6. The fourth-order valence-electron chi connectivity index (χ4n) is 2.65. The van der Waals surface area contributed by atoms with Gasteiger partial charge in [0.1, 0.15) is 6.33 Å². The van der Waals surface area contributed by atoms with Gasteiger partial charge in [-0.25, -0.2) is 0 Å². The molecule has 2 heterocycles. The van der Waals surface area contributed by atoms with Crippen LogP contribution in [0.5, 0.6) is 11.5 Å². The van der Waals surface area contributed by atoms with E-state index in [1.807, 2.05) is 34.9 Å². The number of thioether (sulfide) groups is 1. The summed E-state index contributed by atoms with van der Waals surface area (Å²) < 4.78 is 41.6. The minimum Gasteiger partial charge on any atom is -0.493 e. The summed E-state index contributed by atoms with van der Waals surface area (Å²) in [6.07, 6.45) is 1.63. The van der Waals surface area contributed by atoms with Crippen molar-refractivity contribution in [2.45, 2.75) is 17.5 Å². The molecule has 11 heteroatoms. The van der Waals surface area contributed by atoms with E-state index in [2.05, 4.69) is 25.1 Å². The molecule has 0 radical (unpaired) electrons. The molecule has 0 bridgehead atoms. The molecule has 2 aromatic heterocycles. The summed E-state index contributed by atoms with van der Waals surface area (Å²) in [7, 11) is 1.36. The molecule has 0 atom stereocenters. The maximum atomic E-state index is 12.5. The van der Waals surface area contributed by atoms with Crippen LogP contribution in [0.15, 0.2) is 64.5 Å². The molecule has 154 valence electrons. The van der Waals surface area contributed by atoms with Crippen molar-refractivity contribution < 1.29 is 22.8 Å². The average molecular weight is 431 g/mol.